The fourth-order valence-corrected chi connectivity index (χ4v) is 4.76. The van der Waals surface area contributed by atoms with Gasteiger partial charge in [-0.3, -0.25) is 9.78 Å². The van der Waals surface area contributed by atoms with E-state index in [1.807, 2.05) is 89.7 Å². The highest BCUT2D eigenvalue weighted by Gasteiger charge is 2.21. The Balaban J connectivity index is 1.23. The number of nitrogens with zero attached hydrogens (tertiary/aromatic N) is 3. The predicted molar refractivity (Wildman–Crippen MR) is 146 cm³/mol. The van der Waals surface area contributed by atoms with Gasteiger partial charge in [0.2, 0.25) is 0 Å². The first-order chi connectivity index (χ1) is 18.7. The maximum atomic E-state index is 12.2. The molecule has 0 atom stereocenters. The number of ketones is 1. The first-order valence-electron chi connectivity index (χ1n) is 12.8. The zero-order valence-corrected chi connectivity index (χ0v) is 20.9. The van der Waals surface area contributed by atoms with E-state index in [2.05, 4.69) is 11.1 Å². The van der Waals surface area contributed by atoms with Crippen molar-refractivity contribution in [2.45, 2.75) is 19.4 Å². The molecule has 0 fully saturated rings. The van der Waals surface area contributed by atoms with Crippen molar-refractivity contribution in [2.24, 2.45) is 0 Å². The number of aryl methyl sites for hydroxylation is 1. The molecule has 1 aliphatic rings. The van der Waals surface area contributed by atoms with Gasteiger partial charge in [0.05, 0.1) is 18.9 Å². The Kier molecular flexibility index (Phi) is 6.79. The van der Waals surface area contributed by atoms with Crippen molar-refractivity contribution in [3.8, 4) is 33.8 Å². The first kappa shape index (κ1) is 23.8. The Hall–Kier alpha value is -4.55. The van der Waals surface area contributed by atoms with Gasteiger partial charge in [0, 0.05) is 47.8 Å². The van der Waals surface area contributed by atoms with Crippen molar-refractivity contribution < 1.29 is 14.3 Å². The van der Waals surface area contributed by atoms with Gasteiger partial charge in [-0.15, -0.1) is 0 Å². The Morgan fingerprint density at radius 3 is 2.53 bits per heavy atom. The molecule has 5 aromatic rings. The van der Waals surface area contributed by atoms with Gasteiger partial charge in [-0.25, -0.2) is 4.68 Å². The Morgan fingerprint density at radius 1 is 0.789 bits per heavy atom. The van der Waals surface area contributed by atoms with Crippen molar-refractivity contribution in [1.82, 2.24) is 14.8 Å². The number of aromatic nitrogens is 3. The van der Waals surface area contributed by atoms with Gasteiger partial charge in [0.25, 0.3) is 0 Å². The number of pyridine rings is 1. The molecule has 0 bridgehead atoms. The van der Waals surface area contributed by atoms with Crippen LogP contribution in [0, 0.1) is 0 Å². The van der Waals surface area contributed by atoms with Crippen LogP contribution >= 0.6 is 0 Å². The zero-order valence-electron chi connectivity index (χ0n) is 20.9. The molecule has 6 rings (SSSR count). The molecule has 0 spiro atoms. The average Bonchev–Trinajstić information content (AvgIpc) is 3.58. The van der Waals surface area contributed by atoms with Gasteiger partial charge in [0.1, 0.15) is 18.1 Å². The topological polar surface area (TPSA) is 66.2 Å². The summed E-state index contributed by atoms with van der Waals surface area (Å²) in [5.41, 5.74) is 7.86. The Labute approximate surface area is 221 Å². The van der Waals surface area contributed by atoms with Crippen molar-refractivity contribution in [3.63, 3.8) is 0 Å². The minimum absolute atomic E-state index is 0.221. The third kappa shape index (κ3) is 5.12. The highest BCUT2D eigenvalue weighted by atomic mass is 16.5. The van der Waals surface area contributed by atoms with E-state index in [1.165, 1.54) is 0 Å². The summed E-state index contributed by atoms with van der Waals surface area (Å²) in [6, 6.07) is 28.0. The summed E-state index contributed by atoms with van der Waals surface area (Å²) in [5, 5.41) is 4.96. The van der Waals surface area contributed by atoms with Crippen LogP contribution in [-0.2, 0) is 17.8 Å². The molecule has 6 heteroatoms. The summed E-state index contributed by atoms with van der Waals surface area (Å²) >= 11 is 0. The van der Waals surface area contributed by atoms with Crippen LogP contribution in [-0.4, -0.2) is 33.8 Å². The van der Waals surface area contributed by atoms with E-state index in [0.29, 0.717) is 26.2 Å². The first-order valence-corrected chi connectivity index (χ1v) is 12.8. The standard InChI is InChI=1S/C32H27N3O3/c36-31-12-10-25-19-26(9-11-29(25)31)30-21-35(34-32(30)24-13-15-33-16-14-24)27-7-4-8-28(20-27)38-18-17-37-22-23-5-2-1-3-6-23/h1-9,11,13-16,19-21H,10,12,17-18,22H2. The molecule has 3 aromatic carbocycles. The molecule has 0 aliphatic heterocycles. The van der Waals surface area contributed by atoms with E-state index in [-0.39, 0.29) is 5.78 Å². The molecular weight excluding hydrogens is 474 g/mol. The second-order valence-electron chi connectivity index (χ2n) is 9.25. The second kappa shape index (κ2) is 10.8. The minimum Gasteiger partial charge on any atom is -0.491 e. The average molecular weight is 502 g/mol. The molecule has 2 aromatic heterocycles. The van der Waals surface area contributed by atoms with Gasteiger partial charge < -0.3 is 9.47 Å². The van der Waals surface area contributed by atoms with E-state index in [1.54, 1.807) is 12.4 Å². The lowest BCUT2D eigenvalue weighted by molar-refractivity contribution is 0.0889. The number of carbonyl (C=O) groups is 1. The number of hydrogen-bond acceptors (Lipinski definition) is 5. The van der Waals surface area contributed by atoms with Crippen molar-refractivity contribution in [3.05, 3.63) is 120 Å². The molecule has 188 valence electrons. The summed E-state index contributed by atoms with van der Waals surface area (Å²) in [5.74, 6) is 0.975. The van der Waals surface area contributed by atoms with Crippen molar-refractivity contribution in [1.29, 1.82) is 0 Å². The lowest BCUT2D eigenvalue weighted by Crippen LogP contribution is -2.07. The molecule has 6 nitrogen and oxygen atoms in total. The number of hydrogen-bond donors (Lipinski definition) is 0. The SMILES string of the molecule is O=C1CCc2cc(-c3cn(-c4cccc(OCCOCc5ccccc5)c4)nc3-c3ccncc3)ccc21. The van der Waals surface area contributed by atoms with Crippen LogP contribution in [0.2, 0.25) is 0 Å². The zero-order chi connectivity index (χ0) is 25.7. The summed E-state index contributed by atoms with van der Waals surface area (Å²) in [4.78, 5) is 16.3. The number of Topliss-reactive ketones (excluding diaryl/α,β-unsaturated/α-hetero) is 1. The number of benzene rings is 3. The summed E-state index contributed by atoms with van der Waals surface area (Å²) in [6.45, 7) is 1.52. The number of ether oxygens (including phenoxy) is 2. The molecule has 0 N–H and O–H groups in total. The molecule has 38 heavy (non-hydrogen) atoms. The van der Waals surface area contributed by atoms with E-state index >= 15 is 0 Å². The van der Waals surface area contributed by atoms with Crippen LogP contribution in [0.3, 0.4) is 0 Å². The number of rotatable bonds is 9. The summed E-state index contributed by atoms with van der Waals surface area (Å²) < 4.78 is 13.6. The third-order valence-electron chi connectivity index (χ3n) is 6.70. The molecular formula is C32H27N3O3. The molecule has 0 unspecified atom stereocenters. The van der Waals surface area contributed by atoms with E-state index in [4.69, 9.17) is 14.6 Å². The predicted octanol–water partition coefficient (Wildman–Crippen LogP) is 6.33. The lowest BCUT2D eigenvalue weighted by Gasteiger charge is -2.09. The maximum Gasteiger partial charge on any atom is 0.163 e. The van der Waals surface area contributed by atoms with Crippen LogP contribution in [0.5, 0.6) is 5.75 Å². The van der Waals surface area contributed by atoms with E-state index in [0.717, 1.165) is 56.9 Å². The van der Waals surface area contributed by atoms with E-state index in [9.17, 15) is 4.79 Å². The van der Waals surface area contributed by atoms with Gasteiger partial charge >= 0.3 is 0 Å². The summed E-state index contributed by atoms with van der Waals surface area (Å²) in [7, 11) is 0. The monoisotopic (exact) mass is 501 g/mol. The van der Waals surface area contributed by atoms with Gasteiger partial charge in [-0.2, -0.15) is 5.10 Å². The fraction of sp³-hybridized carbons (Fsp3) is 0.156. The van der Waals surface area contributed by atoms with Crippen LogP contribution in [0.1, 0.15) is 27.9 Å². The summed E-state index contributed by atoms with van der Waals surface area (Å²) in [6.07, 6.45) is 6.95. The third-order valence-corrected chi connectivity index (χ3v) is 6.70. The minimum atomic E-state index is 0.221. The van der Waals surface area contributed by atoms with Crippen LogP contribution < -0.4 is 4.74 Å². The molecule has 2 heterocycles. The molecule has 0 radical (unpaired) electrons. The highest BCUT2D eigenvalue weighted by Crippen LogP contribution is 2.35. The van der Waals surface area contributed by atoms with Crippen molar-refractivity contribution in [2.75, 3.05) is 13.2 Å². The Morgan fingerprint density at radius 2 is 1.66 bits per heavy atom. The van der Waals surface area contributed by atoms with Crippen molar-refractivity contribution >= 4 is 5.78 Å². The van der Waals surface area contributed by atoms with Gasteiger partial charge in [-0.05, 0) is 47.4 Å². The number of carbonyl (C=O) groups excluding carboxylic acids is 1. The molecule has 1 aliphatic carbocycles. The Bertz CT molecular complexity index is 1560. The number of fused-ring (bicyclic) bond motifs is 1. The largest absolute Gasteiger partial charge is 0.491 e. The molecule has 0 saturated heterocycles. The fourth-order valence-electron chi connectivity index (χ4n) is 4.76. The smallest absolute Gasteiger partial charge is 0.163 e. The van der Waals surface area contributed by atoms with Gasteiger partial charge in [0.15, 0.2) is 5.78 Å². The van der Waals surface area contributed by atoms with Crippen LogP contribution in [0.4, 0.5) is 0 Å². The van der Waals surface area contributed by atoms with Crippen LogP contribution in [0.25, 0.3) is 28.1 Å². The lowest BCUT2D eigenvalue weighted by atomic mass is 9.98. The normalized spacial score (nSPS) is 12.5. The highest BCUT2D eigenvalue weighted by molar-refractivity contribution is 6.01. The second-order valence-corrected chi connectivity index (χ2v) is 9.25. The molecule has 0 amide bonds. The quantitative estimate of drug-likeness (QED) is 0.221. The van der Waals surface area contributed by atoms with E-state index < -0.39 is 0 Å². The maximum absolute atomic E-state index is 12.2. The van der Waals surface area contributed by atoms with Gasteiger partial charge in [-0.1, -0.05) is 54.6 Å². The van der Waals surface area contributed by atoms with Crippen LogP contribution in [0.15, 0.2) is 104 Å². The molecule has 0 saturated carbocycles.